The first-order chi connectivity index (χ1) is 7.16. The van der Waals surface area contributed by atoms with E-state index in [2.05, 4.69) is 8.75 Å². The molecular weight excluding hydrogens is 212 g/mol. The minimum atomic E-state index is -0.911. The van der Waals surface area contributed by atoms with Crippen molar-refractivity contribution in [1.29, 1.82) is 0 Å². The first kappa shape index (κ1) is 9.79. The summed E-state index contributed by atoms with van der Waals surface area (Å²) in [4.78, 5) is 10.6. The molecule has 0 saturated carbocycles. The second-order valence-corrected chi connectivity index (χ2v) is 3.67. The largest absolute Gasteiger partial charge is 0.478 e. The van der Waals surface area contributed by atoms with E-state index in [1.165, 1.54) is 0 Å². The molecular formula is C10H8N2O2S. The smallest absolute Gasteiger partial charge is 0.331 e. The molecule has 2 aromatic rings. The number of hydrogen-bond donors (Lipinski definition) is 1. The van der Waals surface area contributed by atoms with Gasteiger partial charge in [-0.15, -0.1) is 0 Å². The Hall–Kier alpha value is -1.75. The van der Waals surface area contributed by atoms with Crippen molar-refractivity contribution < 1.29 is 9.90 Å². The fourth-order valence-electron chi connectivity index (χ4n) is 1.20. The molecule has 1 N–H and O–H groups in total. The van der Waals surface area contributed by atoms with E-state index in [0.29, 0.717) is 5.57 Å². The summed E-state index contributed by atoms with van der Waals surface area (Å²) in [5.41, 5.74) is 2.77. The van der Waals surface area contributed by atoms with Crippen LogP contribution < -0.4 is 0 Å². The zero-order chi connectivity index (χ0) is 10.8. The molecule has 0 radical (unpaired) electrons. The first-order valence-corrected chi connectivity index (χ1v) is 5.04. The predicted octanol–water partition coefficient (Wildman–Crippen LogP) is 2.18. The van der Waals surface area contributed by atoms with E-state index in [1.54, 1.807) is 13.0 Å². The number of hydrogen-bond acceptors (Lipinski definition) is 4. The molecule has 2 rings (SSSR count). The van der Waals surface area contributed by atoms with Gasteiger partial charge in [-0.2, -0.15) is 8.75 Å². The highest BCUT2D eigenvalue weighted by atomic mass is 32.1. The third kappa shape index (κ3) is 2.02. The van der Waals surface area contributed by atoms with E-state index in [1.807, 2.05) is 18.2 Å². The molecule has 0 amide bonds. The molecule has 0 aliphatic rings. The molecule has 0 fully saturated rings. The van der Waals surface area contributed by atoms with Crippen molar-refractivity contribution in [3.63, 3.8) is 0 Å². The second-order valence-electron chi connectivity index (χ2n) is 3.14. The number of fused-ring (bicyclic) bond motifs is 1. The van der Waals surface area contributed by atoms with Gasteiger partial charge in [0.2, 0.25) is 0 Å². The Morgan fingerprint density at radius 3 is 2.87 bits per heavy atom. The number of rotatable bonds is 2. The van der Waals surface area contributed by atoms with Crippen LogP contribution in [0.25, 0.3) is 17.1 Å². The zero-order valence-corrected chi connectivity index (χ0v) is 8.78. The molecule has 0 saturated heterocycles. The molecule has 0 spiro atoms. The van der Waals surface area contributed by atoms with Crippen LogP contribution in [0.4, 0.5) is 0 Å². The summed E-state index contributed by atoms with van der Waals surface area (Å²) in [6.45, 7) is 1.56. The molecule has 1 heterocycles. The molecule has 0 bridgehead atoms. The minimum absolute atomic E-state index is 0.303. The Kier molecular flexibility index (Phi) is 2.47. The number of benzene rings is 1. The Balaban J connectivity index is 2.44. The fourth-order valence-corrected chi connectivity index (χ4v) is 1.72. The van der Waals surface area contributed by atoms with Gasteiger partial charge in [-0.05, 0) is 30.7 Å². The highest BCUT2D eigenvalue weighted by Crippen LogP contribution is 2.15. The molecule has 0 unspecified atom stereocenters. The molecule has 15 heavy (non-hydrogen) atoms. The summed E-state index contributed by atoms with van der Waals surface area (Å²) in [5.74, 6) is -0.911. The van der Waals surface area contributed by atoms with Crippen molar-refractivity contribution in [2.45, 2.75) is 6.92 Å². The van der Waals surface area contributed by atoms with Gasteiger partial charge in [0.15, 0.2) is 0 Å². The van der Waals surface area contributed by atoms with Gasteiger partial charge in [-0.1, -0.05) is 6.07 Å². The van der Waals surface area contributed by atoms with E-state index in [4.69, 9.17) is 5.11 Å². The van der Waals surface area contributed by atoms with Crippen LogP contribution in [0.5, 0.6) is 0 Å². The van der Waals surface area contributed by atoms with E-state index in [0.717, 1.165) is 28.3 Å². The van der Waals surface area contributed by atoms with Crippen LogP contribution in [-0.4, -0.2) is 19.8 Å². The number of carbonyl (C=O) groups is 1. The summed E-state index contributed by atoms with van der Waals surface area (Å²) >= 11 is 1.15. The first-order valence-electron chi connectivity index (χ1n) is 4.31. The second kappa shape index (κ2) is 3.78. The van der Waals surface area contributed by atoms with Crippen LogP contribution >= 0.6 is 11.7 Å². The molecule has 4 nitrogen and oxygen atoms in total. The Labute approximate surface area is 90.2 Å². The molecule has 76 valence electrons. The lowest BCUT2D eigenvalue weighted by Gasteiger charge is -1.95. The van der Waals surface area contributed by atoms with E-state index >= 15 is 0 Å². The molecule has 1 aromatic heterocycles. The van der Waals surface area contributed by atoms with Gasteiger partial charge in [0, 0.05) is 5.57 Å². The van der Waals surface area contributed by atoms with Crippen LogP contribution in [0, 0.1) is 0 Å². The Bertz CT molecular complexity index is 545. The number of carboxylic acid groups (broad SMARTS) is 1. The van der Waals surface area contributed by atoms with Crippen molar-refractivity contribution in [1.82, 2.24) is 8.75 Å². The minimum Gasteiger partial charge on any atom is -0.478 e. The number of carboxylic acids is 1. The van der Waals surface area contributed by atoms with Crippen molar-refractivity contribution in [2.24, 2.45) is 0 Å². The van der Waals surface area contributed by atoms with E-state index in [9.17, 15) is 4.79 Å². The number of aromatic nitrogens is 2. The van der Waals surface area contributed by atoms with Gasteiger partial charge in [0.1, 0.15) is 11.0 Å². The highest BCUT2D eigenvalue weighted by molar-refractivity contribution is 7.00. The van der Waals surface area contributed by atoms with Crippen molar-refractivity contribution in [3.05, 3.63) is 29.3 Å². The lowest BCUT2D eigenvalue weighted by Crippen LogP contribution is -1.95. The van der Waals surface area contributed by atoms with Gasteiger partial charge in [0.05, 0.1) is 11.7 Å². The molecule has 5 heteroatoms. The van der Waals surface area contributed by atoms with Gasteiger partial charge in [-0.3, -0.25) is 0 Å². The fraction of sp³-hybridized carbons (Fsp3) is 0.100. The van der Waals surface area contributed by atoms with E-state index in [-0.39, 0.29) is 0 Å². The SMILES string of the molecule is C/C(=C\c1ccc2nsnc2c1)C(=O)O. The number of nitrogens with zero attached hydrogens (tertiary/aromatic N) is 2. The molecule has 1 aromatic carbocycles. The summed E-state index contributed by atoms with van der Waals surface area (Å²) < 4.78 is 8.15. The van der Waals surface area contributed by atoms with E-state index < -0.39 is 5.97 Å². The third-order valence-corrected chi connectivity index (χ3v) is 2.56. The summed E-state index contributed by atoms with van der Waals surface area (Å²) in [6, 6.07) is 5.49. The standard InChI is InChI=1S/C10H8N2O2S/c1-6(10(13)14)4-7-2-3-8-9(5-7)12-15-11-8/h2-5H,1H3,(H,13,14)/b6-4+. The normalized spacial score (nSPS) is 11.9. The topological polar surface area (TPSA) is 63.1 Å². The highest BCUT2D eigenvalue weighted by Gasteiger charge is 2.02. The predicted molar refractivity (Wildman–Crippen MR) is 58.7 cm³/mol. The maximum absolute atomic E-state index is 10.6. The van der Waals surface area contributed by atoms with Crippen LogP contribution in [0.2, 0.25) is 0 Å². The van der Waals surface area contributed by atoms with Crippen molar-refractivity contribution >= 4 is 34.8 Å². The summed E-state index contributed by atoms with van der Waals surface area (Å²) in [6.07, 6.45) is 1.61. The van der Waals surface area contributed by atoms with Gasteiger partial charge in [0.25, 0.3) is 0 Å². The monoisotopic (exact) mass is 220 g/mol. The lowest BCUT2D eigenvalue weighted by atomic mass is 10.1. The number of aliphatic carboxylic acids is 1. The zero-order valence-electron chi connectivity index (χ0n) is 7.97. The third-order valence-electron chi connectivity index (χ3n) is 2.00. The van der Waals surface area contributed by atoms with Crippen LogP contribution in [0.3, 0.4) is 0 Å². The van der Waals surface area contributed by atoms with Crippen LogP contribution in [0.15, 0.2) is 23.8 Å². The van der Waals surface area contributed by atoms with Gasteiger partial charge in [-0.25, -0.2) is 4.79 Å². The van der Waals surface area contributed by atoms with Gasteiger partial charge >= 0.3 is 5.97 Å². The molecule has 0 aliphatic heterocycles. The van der Waals surface area contributed by atoms with Crippen molar-refractivity contribution in [3.8, 4) is 0 Å². The summed E-state index contributed by atoms with van der Waals surface area (Å²) in [5, 5.41) is 8.72. The Morgan fingerprint density at radius 2 is 2.13 bits per heavy atom. The molecule has 0 aliphatic carbocycles. The van der Waals surface area contributed by atoms with Gasteiger partial charge < -0.3 is 5.11 Å². The van der Waals surface area contributed by atoms with Crippen LogP contribution in [0.1, 0.15) is 12.5 Å². The lowest BCUT2D eigenvalue weighted by molar-refractivity contribution is -0.132. The average molecular weight is 220 g/mol. The average Bonchev–Trinajstić information content (AvgIpc) is 2.64. The summed E-state index contributed by atoms with van der Waals surface area (Å²) in [7, 11) is 0. The van der Waals surface area contributed by atoms with Crippen molar-refractivity contribution in [2.75, 3.05) is 0 Å². The molecule has 0 atom stereocenters. The Morgan fingerprint density at radius 1 is 1.40 bits per heavy atom. The van der Waals surface area contributed by atoms with Crippen LogP contribution in [-0.2, 0) is 4.79 Å². The quantitative estimate of drug-likeness (QED) is 0.788. The maximum Gasteiger partial charge on any atom is 0.331 e. The maximum atomic E-state index is 10.6.